The summed E-state index contributed by atoms with van der Waals surface area (Å²) < 4.78 is 5.68. The maximum atomic E-state index is 9.11. The van der Waals surface area contributed by atoms with E-state index >= 15 is 0 Å². The molecule has 2 aliphatic carbocycles. The summed E-state index contributed by atoms with van der Waals surface area (Å²) >= 11 is 0. The van der Waals surface area contributed by atoms with Crippen LogP contribution in [0.4, 0.5) is 0 Å². The minimum absolute atomic E-state index is 0.403. The van der Waals surface area contributed by atoms with Crippen LogP contribution in [0.3, 0.4) is 0 Å². The first-order chi connectivity index (χ1) is 7.90. The van der Waals surface area contributed by atoms with Gasteiger partial charge in [-0.3, -0.25) is 0 Å². The zero-order chi connectivity index (χ0) is 11.2. The van der Waals surface area contributed by atoms with Gasteiger partial charge in [-0.05, 0) is 37.5 Å². The third kappa shape index (κ3) is 3.57. The topological polar surface area (TPSA) is 29.5 Å². The van der Waals surface area contributed by atoms with Crippen LogP contribution in [0.15, 0.2) is 0 Å². The van der Waals surface area contributed by atoms with E-state index in [1.165, 1.54) is 64.2 Å². The van der Waals surface area contributed by atoms with Crippen LogP contribution in [0.5, 0.6) is 0 Å². The van der Waals surface area contributed by atoms with Crippen molar-refractivity contribution in [3.8, 4) is 0 Å². The normalized spacial score (nSPS) is 26.1. The Hall–Kier alpha value is 0.137. The molecule has 1 unspecified atom stereocenters. The maximum absolute atomic E-state index is 9.11. The third-order valence-corrected chi connectivity index (χ3v) is 5.13. The number of hydrogen-bond donors (Lipinski definition) is 1. The first-order valence-corrected chi connectivity index (χ1v) is 8.33. The molecule has 1 atom stereocenters. The Bertz CT molecular complexity index is 186. The van der Waals surface area contributed by atoms with Crippen molar-refractivity contribution < 1.29 is 9.22 Å². The second-order valence-corrected chi connectivity index (χ2v) is 6.20. The fraction of sp³-hybridized carbons (Fsp3) is 1.00. The lowest BCUT2D eigenvalue weighted by Gasteiger charge is -2.24. The third-order valence-electron chi connectivity index (χ3n) is 4.55. The molecule has 0 heterocycles. The van der Waals surface area contributed by atoms with Gasteiger partial charge in [0.2, 0.25) is 0 Å². The lowest BCUT2D eigenvalue weighted by molar-refractivity contribution is 0.107. The number of hydrogen-bond acceptors (Lipinski definition) is 2. The van der Waals surface area contributed by atoms with Gasteiger partial charge in [0.05, 0.1) is 0 Å². The summed E-state index contributed by atoms with van der Waals surface area (Å²) in [6.07, 6.45) is 14.1. The van der Waals surface area contributed by atoms with Gasteiger partial charge in [0, 0.05) is 6.10 Å². The highest BCUT2D eigenvalue weighted by Crippen LogP contribution is 2.34. The van der Waals surface area contributed by atoms with Gasteiger partial charge in [-0.15, -0.1) is 0 Å². The van der Waals surface area contributed by atoms with Crippen molar-refractivity contribution >= 4 is 10.0 Å². The molecule has 0 aromatic rings. The van der Waals surface area contributed by atoms with Gasteiger partial charge < -0.3 is 9.22 Å². The summed E-state index contributed by atoms with van der Waals surface area (Å²) in [7, 11) is -1.21. The van der Waals surface area contributed by atoms with Gasteiger partial charge >= 0.3 is 10.0 Å². The van der Waals surface area contributed by atoms with Crippen LogP contribution in [-0.4, -0.2) is 20.9 Å². The van der Waals surface area contributed by atoms with Crippen LogP contribution < -0.4 is 0 Å². The van der Waals surface area contributed by atoms with E-state index in [2.05, 4.69) is 0 Å². The quantitative estimate of drug-likeness (QED) is 0.725. The Morgan fingerprint density at radius 2 is 1.69 bits per heavy atom. The zero-order valence-electron chi connectivity index (χ0n) is 10.4. The van der Waals surface area contributed by atoms with Crippen molar-refractivity contribution in [1.82, 2.24) is 0 Å². The van der Waals surface area contributed by atoms with Crippen molar-refractivity contribution in [2.45, 2.75) is 70.3 Å². The minimum Gasteiger partial charge on any atom is -0.415 e. The Balaban J connectivity index is 1.72. The van der Waals surface area contributed by atoms with Crippen molar-refractivity contribution in [2.24, 2.45) is 11.8 Å². The van der Waals surface area contributed by atoms with Gasteiger partial charge in [0.1, 0.15) is 0 Å². The van der Waals surface area contributed by atoms with Crippen molar-refractivity contribution in [2.75, 3.05) is 0 Å². The van der Waals surface area contributed by atoms with E-state index in [4.69, 9.17) is 9.22 Å². The van der Waals surface area contributed by atoms with Gasteiger partial charge in [0.25, 0.3) is 0 Å². The van der Waals surface area contributed by atoms with Crippen molar-refractivity contribution in [3.05, 3.63) is 0 Å². The van der Waals surface area contributed by atoms with Crippen molar-refractivity contribution in [3.63, 3.8) is 0 Å². The summed E-state index contributed by atoms with van der Waals surface area (Å²) in [6, 6.07) is 0. The molecule has 0 aromatic heterocycles. The Kier molecular flexibility index (Phi) is 5.33. The molecule has 0 saturated heterocycles. The SMILES string of the molecule is O[SiH2]OC(CCC1CCCC1)C1CCCC1. The molecule has 2 fully saturated rings. The molecule has 2 rings (SSSR count). The molecule has 94 valence electrons. The average Bonchev–Trinajstić information content (AvgIpc) is 2.96. The van der Waals surface area contributed by atoms with Gasteiger partial charge in [-0.25, -0.2) is 0 Å². The molecule has 3 heteroatoms. The summed E-state index contributed by atoms with van der Waals surface area (Å²) in [4.78, 5) is 9.11. The average molecular weight is 242 g/mol. The zero-order valence-corrected chi connectivity index (χ0v) is 11.8. The largest absolute Gasteiger partial charge is 0.415 e. The highest BCUT2D eigenvalue weighted by molar-refractivity contribution is 6.15. The Morgan fingerprint density at radius 3 is 2.31 bits per heavy atom. The van der Waals surface area contributed by atoms with Crippen LogP contribution in [0.25, 0.3) is 0 Å². The predicted octanol–water partition coefficient (Wildman–Crippen LogP) is 2.52. The molecular weight excluding hydrogens is 216 g/mol. The van der Waals surface area contributed by atoms with E-state index in [0.29, 0.717) is 6.10 Å². The molecule has 2 aliphatic rings. The molecule has 2 nitrogen and oxygen atoms in total. The molecule has 16 heavy (non-hydrogen) atoms. The first-order valence-electron chi connectivity index (χ1n) is 7.12. The Labute approximate surface area is 102 Å². The highest BCUT2D eigenvalue weighted by Gasteiger charge is 2.26. The second-order valence-electron chi connectivity index (χ2n) is 5.61. The smallest absolute Gasteiger partial charge is 0.302 e. The van der Waals surface area contributed by atoms with E-state index < -0.39 is 10.0 Å². The molecule has 0 bridgehead atoms. The maximum Gasteiger partial charge on any atom is 0.302 e. The van der Waals surface area contributed by atoms with Gasteiger partial charge in [-0.1, -0.05) is 38.5 Å². The summed E-state index contributed by atoms with van der Waals surface area (Å²) in [5.74, 6) is 1.73. The van der Waals surface area contributed by atoms with Gasteiger partial charge in [0.15, 0.2) is 0 Å². The van der Waals surface area contributed by atoms with E-state index in [1.807, 2.05) is 0 Å². The Morgan fingerprint density at radius 1 is 1.06 bits per heavy atom. The van der Waals surface area contributed by atoms with E-state index in [1.54, 1.807) is 0 Å². The van der Waals surface area contributed by atoms with Crippen LogP contribution in [0, 0.1) is 11.8 Å². The lowest BCUT2D eigenvalue weighted by atomic mass is 9.92. The molecule has 0 spiro atoms. The minimum atomic E-state index is -1.21. The van der Waals surface area contributed by atoms with Gasteiger partial charge in [-0.2, -0.15) is 0 Å². The van der Waals surface area contributed by atoms with Crippen molar-refractivity contribution in [1.29, 1.82) is 0 Å². The summed E-state index contributed by atoms with van der Waals surface area (Å²) in [5, 5.41) is 0. The molecule has 0 amide bonds. The van der Waals surface area contributed by atoms with Crippen LogP contribution in [0.1, 0.15) is 64.2 Å². The van der Waals surface area contributed by atoms with E-state index in [0.717, 1.165) is 11.8 Å². The summed E-state index contributed by atoms with van der Waals surface area (Å²) in [6.45, 7) is 0. The number of rotatable bonds is 6. The van der Waals surface area contributed by atoms with Crippen LogP contribution in [0.2, 0.25) is 0 Å². The molecular formula is C13H26O2Si. The summed E-state index contributed by atoms with van der Waals surface area (Å²) in [5.41, 5.74) is 0. The standard InChI is InChI=1S/C13H26O2Si/c14-16-15-13(12-7-3-4-8-12)10-9-11-5-1-2-6-11/h11-14H,1-10,16H2. The fourth-order valence-corrected chi connectivity index (χ4v) is 4.21. The monoisotopic (exact) mass is 242 g/mol. The van der Waals surface area contributed by atoms with Crippen LogP contribution in [-0.2, 0) is 4.43 Å². The van der Waals surface area contributed by atoms with E-state index in [9.17, 15) is 0 Å². The first kappa shape index (κ1) is 12.6. The fourth-order valence-electron chi connectivity index (χ4n) is 3.58. The molecule has 0 aromatic carbocycles. The second kappa shape index (κ2) is 6.77. The molecule has 0 aliphatic heterocycles. The van der Waals surface area contributed by atoms with E-state index in [-0.39, 0.29) is 0 Å². The predicted molar refractivity (Wildman–Crippen MR) is 68.8 cm³/mol. The molecule has 1 N–H and O–H groups in total. The highest BCUT2D eigenvalue weighted by atomic mass is 28.2. The molecule has 2 saturated carbocycles. The lowest BCUT2D eigenvalue weighted by Crippen LogP contribution is -2.24. The molecule has 0 radical (unpaired) electrons. The van der Waals surface area contributed by atoms with Crippen LogP contribution >= 0.6 is 0 Å².